The van der Waals surface area contributed by atoms with Crippen molar-refractivity contribution >= 4 is 54.5 Å². The molecule has 0 fully saturated rings. The maximum Gasteiger partial charge on any atom is 0.121 e. The SMILES string of the molecule is [2H]C([2H])([2H])c1c[c-]c(-c2cc(C(C)(C)C)ccn2)cc1.[2H]C([2H])([2H])c1cccc2nc(-c3[c-]ccc4c3oc3cc5c(ccc6ccccc65)cc34)n(-c3c(C(C)C)cc(-c4cc(C(C)(C)C)cc(C(C)(C)C)c4)cc3C(C)C)c12.[Ir]. The van der Waals surface area contributed by atoms with Gasteiger partial charge in [0.1, 0.15) is 5.58 Å². The monoisotopic (exact) mass is 1170 g/mol. The topological polar surface area (TPSA) is 43.9 Å². The van der Waals surface area contributed by atoms with Crippen LogP contribution in [0, 0.1) is 25.8 Å². The Morgan fingerprint density at radius 3 is 1.91 bits per heavy atom. The Kier molecular flexibility index (Phi) is 12.3. The molecular formula is C70H71IrN3O-2. The van der Waals surface area contributed by atoms with Crippen LogP contribution in [0.3, 0.4) is 0 Å². The van der Waals surface area contributed by atoms with Crippen LogP contribution in [0.4, 0.5) is 0 Å². The molecule has 75 heavy (non-hydrogen) atoms. The fourth-order valence-electron chi connectivity index (χ4n) is 10.2. The number of nitrogens with zero attached hydrogens (tertiary/aromatic N) is 3. The van der Waals surface area contributed by atoms with E-state index in [-0.39, 0.29) is 53.7 Å². The van der Waals surface area contributed by atoms with Crippen molar-refractivity contribution in [2.75, 3.05) is 0 Å². The van der Waals surface area contributed by atoms with E-state index in [2.05, 4.69) is 197 Å². The van der Waals surface area contributed by atoms with Crippen LogP contribution in [0.15, 0.2) is 150 Å². The predicted molar refractivity (Wildman–Crippen MR) is 315 cm³/mol. The maximum atomic E-state index is 8.79. The second-order valence-corrected chi connectivity index (χ2v) is 23.8. The number of para-hydroxylation sites is 1. The van der Waals surface area contributed by atoms with Crippen molar-refractivity contribution in [1.82, 2.24) is 14.5 Å². The second kappa shape index (κ2) is 20.1. The summed E-state index contributed by atoms with van der Waals surface area (Å²) in [5, 5.41) is 6.59. The molecule has 0 aliphatic heterocycles. The van der Waals surface area contributed by atoms with Crippen molar-refractivity contribution in [1.29, 1.82) is 0 Å². The molecule has 0 bridgehead atoms. The quantitative estimate of drug-likeness (QED) is 0.123. The van der Waals surface area contributed by atoms with Gasteiger partial charge in [-0.25, -0.2) is 0 Å². The predicted octanol–water partition coefficient (Wildman–Crippen LogP) is 19.7. The largest absolute Gasteiger partial charge is 0.501 e. The third-order valence-electron chi connectivity index (χ3n) is 14.5. The Hall–Kier alpha value is -6.65. The molecule has 0 aliphatic rings. The molecule has 0 saturated carbocycles. The van der Waals surface area contributed by atoms with Gasteiger partial charge in [0.2, 0.25) is 0 Å². The van der Waals surface area contributed by atoms with Crippen molar-refractivity contribution in [2.45, 2.75) is 132 Å². The van der Waals surface area contributed by atoms with E-state index in [1.54, 1.807) is 30.5 Å². The normalized spacial score (nSPS) is 13.9. The number of aromatic nitrogens is 3. The van der Waals surface area contributed by atoms with E-state index in [0.29, 0.717) is 33.6 Å². The Labute approximate surface area is 467 Å². The van der Waals surface area contributed by atoms with Crippen LogP contribution < -0.4 is 0 Å². The maximum absolute atomic E-state index is 8.79. The van der Waals surface area contributed by atoms with E-state index in [1.165, 1.54) is 39.1 Å². The summed E-state index contributed by atoms with van der Waals surface area (Å²) in [6.07, 6.45) is 1.78. The molecule has 3 heterocycles. The molecular weight excluding hydrogens is 1090 g/mol. The van der Waals surface area contributed by atoms with Gasteiger partial charge in [0, 0.05) is 45.6 Å². The first-order valence-corrected chi connectivity index (χ1v) is 26.0. The van der Waals surface area contributed by atoms with E-state index in [0.717, 1.165) is 60.8 Å². The summed E-state index contributed by atoms with van der Waals surface area (Å²) in [7, 11) is 0. The van der Waals surface area contributed by atoms with Crippen LogP contribution in [-0.2, 0) is 36.4 Å². The van der Waals surface area contributed by atoms with Crippen LogP contribution in [0.5, 0.6) is 0 Å². The minimum absolute atomic E-state index is 0. The van der Waals surface area contributed by atoms with E-state index in [4.69, 9.17) is 17.6 Å². The third-order valence-corrected chi connectivity index (χ3v) is 14.5. The van der Waals surface area contributed by atoms with Gasteiger partial charge in [0.25, 0.3) is 0 Å². The first-order chi connectivity index (χ1) is 37.5. The standard InChI is InChI=1S/C54H53N2O.C16H18N.Ir/c1-31(2)43-27-37(36-24-38(53(6,7)8)29-39(25-36)54(9,10)11)28-44(32(3)4)50(43)56-49-33(5)16-14-21-47(49)55-52(56)42-20-15-19-41-46-26-35-23-22-34-17-12-13-18-40(34)45(35)30-48(46)57-51(41)42;1-12-5-7-13(8-6-12)15-11-14(9-10-17-15)16(2,3)4;/h12-19,21-32H,1-11H3;5-7,9-11H,1-4H3;/q2*-1;/i5D3;1D3;. The smallest absolute Gasteiger partial charge is 0.121 e. The van der Waals surface area contributed by atoms with Crippen molar-refractivity contribution in [3.05, 3.63) is 197 Å². The summed E-state index contributed by atoms with van der Waals surface area (Å²) in [4.78, 5) is 9.67. The van der Waals surface area contributed by atoms with Crippen molar-refractivity contribution in [2.24, 2.45) is 0 Å². The molecule has 4 nitrogen and oxygen atoms in total. The fraction of sp³-hybridized carbons (Fsp3) is 0.286. The number of hydrogen-bond acceptors (Lipinski definition) is 3. The van der Waals surface area contributed by atoms with Crippen molar-refractivity contribution in [3.8, 4) is 39.5 Å². The zero-order chi connectivity index (χ0) is 57.6. The number of hydrogen-bond donors (Lipinski definition) is 0. The summed E-state index contributed by atoms with van der Waals surface area (Å²) < 4.78 is 57.5. The van der Waals surface area contributed by atoms with Gasteiger partial charge < -0.3 is 14.0 Å². The molecule has 11 aromatic rings. The summed E-state index contributed by atoms with van der Waals surface area (Å²) >= 11 is 0. The van der Waals surface area contributed by atoms with Gasteiger partial charge in [-0.3, -0.25) is 4.98 Å². The molecule has 0 saturated heterocycles. The molecule has 0 N–H and O–H groups in total. The van der Waals surface area contributed by atoms with E-state index in [1.807, 2.05) is 24.3 Å². The van der Waals surface area contributed by atoms with Crippen LogP contribution in [0.1, 0.15) is 149 Å². The molecule has 0 spiro atoms. The molecule has 11 rings (SSSR count). The number of furan rings is 1. The van der Waals surface area contributed by atoms with Gasteiger partial charge in [0.15, 0.2) is 0 Å². The minimum atomic E-state index is -2.39. The number of rotatable bonds is 6. The molecule has 0 amide bonds. The molecule has 0 atom stereocenters. The summed E-state index contributed by atoms with van der Waals surface area (Å²) in [5.41, 5.74) is 14.8. The molecule has 5 heteroatoms. The van der Waals surface area contributed by atoms with E-state index in [9.17, 15) is 0 Å². The van der Waals surface area contributed by atoms with Gasteiger partial charge >= 0.3 is 0 Å². The first-order valence-electron chi connectivity index (χ1n) is 29.0. The Balaban J connectivity index is 0.000000319. The van der Waals surface area contributed by atoms with Crippen LogP contribution in [0.2, 0.25) is 0 Å². The molecule has 1 radical (unpaired) electrons. The average Bonchev–Trinajstić information content (AvgIpc) is 3.97. The average molecular weight is 1170 g/mol. The molecule has 3 aromatic heterocycles. The van der Waals surface area contributed by atoms with Crippen LogP contribution in [0.25, 0.3) is 94.0 Å². The van der Waals surface area contributed by atoms with Gasteiger partial charge in [-0.2, -0.15) is 0 Å². The van der Waals surface area contributed by atoms with Crippen LogP contribution >= 0.6 is 0 Å². The first kappa shape index (κ1) is 45.7. The summed E-state index contributed by atoms with van der Waals surface area (Å²) in [5.74, 6) is 0.773. The number of aryl methyl sites for hydroxylation is 2. The Bertz CT molecular complexity index is 4100. The van der Waals surface area contributed by atoms with Gasteiger partial charge in [-0.1, -0.05) is 181 Å². The van der Waals surface area contributed by atoms with E-state index < -0.39 is 13.7 Å². The van der Waals surface area contributed by atoms with Gasteiger partial charge in [0.05, 0.1) is 22.4 Å². The second-order valence-electron chi connectivity index (χ2n) is 23.8. The summed E-state index contributed by atoms with van der Waals surface area (Å²) in [6.45, 7) is 24.5. The van der Waals surface area contributed by atoms with E-state index >= 15 is 0 Å². The molecule has 383 valence electrons. The fourth-order valence-corrected chi connectivity index (χ4v) is 10.2. The molecule has 0 unspecified atom stereocenters. The molecule has 0 aliphatic carbocycles. The minimum Gasteiger partial charge on any atom is -0.501 e. The van der Waals surface area contributed by atoms with Gasteiger partial charge in [-0.15, -0.1) is 53.6 Å². The molecule has 8 aromatic carbocycles. The summed E-state index contributed by atoms with van der Waals surface area (Å²) in [6, 6.07) is 53.8. The zero-order valence-corrected chi connectivity index (χ0v) is 48.0. The number of benzene rings is 8. The number of fused-ring (bicyclic) bond motifs is 7. The number of pyridine rings is 1. The Morgan fingerprint density at radius 1 is 0.587 bits per heavy atom. The zero-order valence-electron chi connectivity index (χ0n) is 51.6. The van der Waals surface area contributed by atoms with Crippen LogP contribution in [-0.4, -0.2) is 14.5 Å². The Morgan fingerprint density at radius 2 is 1.27 bits per heavy atom. The van der Waals surface area contributed by atoms with Crippen molar-refractivity contribution in [3.63, 3.8) is 0 Å². The van der Waals surface area contributed by atoms with Gasteiger partial charge in [-0.05, 0) is 143 Å². The number of imidazole rings is 1. The van der Waals surface area contributed by atoms with Crippen molar-refractivity contribution < 1.29 is 32.7 Å². The third kappa shape index (κ3) is 10.3.